The summed E-state index contributed by atoms with van der Waals surface area (Å²) in [5.74, 6) is 5.73. The molecule has 3 N–H and O–H groups in total. The molecule has 1 saturated carbocycles. The molecule has 90 valence electrons. The molecule has 2 rings (SSSR count). The van der Waals surface area contributed by atoms with E-state index < -0.39 is 0 Å². The maximum Gasteiger partial charge on any atom is 0.261 e. The summed E-state index contributed by atoms with van der Waals surface area (Å²) in [5, 5.41) is 3.08. The van der Waals surface area contributed by atoms with Crippen LogP contribution in [0.2, 0.25) is 0 Å². The lowest BCUT2D eigenvalue weighted by Gasteiger charge is -2.38. The number of rotatable bonds is 2. The van der Waals surface area contributed by atoms with Crippen molar-refractivity contribution in [2.45, 2.75) is 31.7 Å². The van der Waals surface area contributed by atoms with E-state index in [9.17, 15) is 4.79 Å². The highest BCUT2D eigenvalue weighted by molar-refractivity contribution is 7.14. The summed E-state index contributed by atoms with van der Waals surface area (Å²) in [6.07, 6.45) is 3.35. The molecule has 0 aromatic carbocycles. The first kappa shape index (κ1) is 12.2. The first-order valence-electron chi connectivity index (χ1n) is 5.74. The van der Waals surface area contributed by atoms with Crippen LogP contribution in [0.5, 0.6) is 0 Å². The van der Waals surface area contributed by atoms with Crippen LogP contribution < -0.4 is 11.1 Å². The molecule has 1 aromatic heterocycles. The van der Waals surface area contributed by atoms with Gasteiger partial charge in [0.15, 0.2) is 0 Å². The normalized spacial score (nSPS) is 16.6. The summed E-state index contributed by atoms with van der Waals surface area (Å²) in [5.41, 5.74) is 5.31. The topological polar surface area (TPSA) is 55.1 Å². The van der Waals surface area contributed by atoms with Crippen molar-refractivity contribution >= 4 is 17.2 Å². The van der Waals surface area contributed by atoms with Crippen LogP contribution in [0.3, 0.4) is 0 Å². The van der Waals surface area contributed by atoms with Crippen LogP contribution in [-0.4, -0.2) is 18.0 Å². The number of thiophene rings is 1. The van der Waals surface area contributed by atoms with Crippen molar-refractivity contribution in [2.75, 3.05) is 6.54 Å². The molecule has 0 bridgehead atoms. The third-order valence-electron chi connectivity index (χ3n) is 3.02. The van der Waals surface area contributed by atoms with Crippen molar-refractivity contribution in [1.29, 1.82) is 0 Å². The smallest absolute Gasteiger partial charge is 0.261 e. The second-order valence-corrected chi connectivity index (χ2v) is 5.62. The standard InChI is InChI=1S/C13H16N2OS/c1-13(7-3-8-13)15-12(16)11-6-5-10(17-11)4-2-9-14/h5-6H,3,7-9,14H2,1H3,(H,15,16). The van der Waals surface area contributed by atoms with E-state index in [0.29, 0.717) is 6.54 Å². The van der Waals surface area contributed by atoms with Crippen LogP contribution >= 0.6 is 11.3 Å². The minimum absolute atomic E-state index is 0.00414. The Labute approximate surface area is 105 Å². The van der Waals surface area contributed by atoms with Crippen molar-refractivity contribution in [3.05, 3.63) is 21.9 Å². The first-order valence-corrected chi connectivity index (χ1v) is 6.56. The monoisotopic (exact) mass is 248 g/mol. The maximum absolute atomic E-state index is 12.0. The largest absolute Gasteiger partial charge is 0.346 e. The average Bonchev–Trinajstić information content (AvgIpc) is 2.72. The fraction of sp³-hybridized carbons (Fsp3) is 0.462. The van der Waals surface area contributed by atoms with E-state index in [0.717, 1.165) is 22.6 Å². The second-order valence-electron chi connectivity index (χ2n) is 4.54. The van der Waals surface area contributed by atoms with Crippen LogP contribution in [0, 0.1) is 11.8 Å². The Morgan fingerprint density at radius 1 is 1.59 bits per heavy atom. The Morgan fingerprint density at radius 3 is 2.94 bits per heavy atom. The fourth-order valence-corrected chi connectivity index (χ4v) is 2.61. The Morgan fingerprint density at radius 2 is 2.35 bits per heavy atom. The number of nitrogens with two attached hydrogens (primary N) is 1. The fourth-order valence-electron chi connectivity index (χ4n) is 1.83. The van der Waals surface area contributed by atoms with Gasteiger partial charge in [-0.25, -0.2) is 0 Å². The van der Waals surface area contributed by atoms with E-state index >= 15 is 0 Å². The predicted molar refractivity (Wildman–Crippen MR) is 70.0 cm³/mol. The van der Waals surface area contributed by atoms with Gasteiger partial charge in [0, 0.05) is 5.54 Å². The Balaban J connectivity index is 2.02. The zero-order valence-corrected chi connectivity index (χ0v) is 10.7. The number of hydrogen-bond acceptors (Lipinski definition) is 3. The van der Waals surface area contributed by atoms with Gasteiger partial charge in [-0.05, 0) is 38.3 Å². The van der Waals surface area contributed by atoms with Gasteiger partial charge in [-0.3, -0.25) is 4.79 Å². The molecule has 1 aromatic rings. The van der Waals surface area contributed by atoms with Gasteiger partial charge in [-0.15, -0.1) is 11.3 Å². The number of amides is 1. The molecular weight excluding hydrogens is 232 g/mol. The van der Waals surface area contributed by atoms with Gasteiger partial charge in [-0.1, -0.05) is 11.8 Å². The lowest BCUT2D eigenvalue weighted by atomic mass is 9.78. The molecule has 0 unspecified atom stereocenters. The molecule has 0 aliphatic heterocycles. The van der Waals surface area contributed by atoms with Crippen LogP contribution in [0.1, 0.15) is 40.7 Å². The van der Waals surface area contributed by atoms with E-state index in [4.69, 9.17) is 5.73 Å². The molecule has 0 atom stereocenters. The van der Waals surface area contributed by atoms with Crippen LogP contribution in [0.15, 0.2) is 12.1 Å². The summed E-state index contributed by atoms with van der Waals surface area (Å²) in [7, 11) is 0. The van der Waals surface area contributed by atoms with Crippen LogP contribution in [-0.2, 0) is 0 Å². The first-order chi connectivity index (χ1) is 8.13. The van der Waals surface area contributed by atoms with Gasteiger partial charge in [0.05, 0.1) is 16.3 Å². The maximum atomic E-state index is 12.0. The lowest BCUT2D eigenvalue weighted by molar-refractivity contribution is 0.0855. The van der Waals surface area contributed by atoms with Gasteiger partial charge in [-0.2, -0.15) is 0 Å². The van der Waals surface area contributed by atoms with E-state index in [2.05, 4.69) is 24.1 Å². The highest BCUT2D eigenvalue weighted by Gasteiger charge is 2.33. The number of carbonyl (C=O) groups is 1. The highest BCUT2D eigenvalue weighted by atomic mass is 32.1. The molecule has 1 aliphatic rings. The van der Waals surface area contributed by atoms with Gasteiger partial charge >= 0.3 is 0 Å². The van der Waals surface area contributed by atoms with Gasteiger partial charge in [0.1, 0.15) is 0 Å². The zero-order valence-electron chi connectivity index (χ0n) is 9.88. The van der Waals surface area contributed by atoms with Crippen LogP contribution in [0.25, 0.3) is 0 Å². The lowest BCUT2D eigenvalue weighted by Crippen LogP contribution is -2.50. The van der Waals surface area contributed by atoms with Crippen LogP contribution in [0.4, 0.5) is 0 Å². The minimum Gasteiger partial charge on any atom is -0.346 e. The van der Waals surface area contributed by atoms with Crippen molar-refractivity contribution in [1.82, 2.24) is 5.32 Å². The van der Waals surface area contributed by atoms with Gasteiger partial charge < -0.3 is 11.1 Å². The molecule has 1 amide bonds. The molecule has 1 fully saturated rings. The third-order valence-corrected chi connectivity index (χ3v) is 4.02. The molecule has 17 heavy (non-hydrogen) atoms. The number of nitrogens with one attached hydrogen (secondary N) is 1. The highest BCUT2D eigenvalue weighted by Crippen LogP contribution is 2.31. The molecule has 1 aliphatic carbocycles. The second kappa shape index (κ2) is 4.91. The molecule has 1 heterocycles. The summed E-state index contributed by atoms with van der Waals surface area (Å²) in [6.45, 7) is 2.44. The minimum atomic E-state index is 0.00414. The number of hydrogen-bond donors (Lipinski definition) is 2. The average molecular weight is 248 g/mol. The van der Waals surface area contributed by atoms with Gasteiger partial charge in [0.25, 0.3) is 5.91 Å². The Kier molecular flexibility index (Phi) is 3.51. The molecule has 0 spiro atoms. The quantitative estimate of drug-likeness (QED) is 0.783. The molecular formula is C13H16N2OS. The van der Waals surface area contributed by atoms with E-state index in [-0.39, 0.29) is 11.4 Å². The predicted octanol–water partition coefficient (Wildman–Crippen LogP) is 1.73. The van der Waals surface area contributed by atoms with Crippen molar-refractivity contribution in [3.63, 3.8) is 0 Å². The van der Waals surface area contributed by atoms with E-state index in [1.165, 1.54) is 17.8 Å². The van der Waals surface area contributed by atoms with E-state index in [1.54, 1.807) is 0 Å². The summed E-state index contributed by atoms with van der Waals surface area (Å²) >= 11 is 1.41. The number of carbonyl (C=O) groups excluding carboxylic acids is 1. The molecule has 0 radical (unpaired) electrons. The van der Waals surface area contributed by atoms with Crippen molar-refractivity contribution in [2.24, 2.45) is 5.73 Å². The summed E-state index contributed by atoms with van der Waals surface area (Å²) < 4.78 is 0. The van der Waals surface area contributed by atoms with Gasteiger partial charge in [0.2, 0.25) is 0 Å². The Hall–Kier alpha value is -1.31. The third kappa shape index (κ3) is 2.87. The SMILES string of the molecule is CC1(NC(=O)c2ccc(C#CCN)s2)CCC1. The summed E-state index contributed by atoms with van der Waals surface area (Å²) in [4.78, 5) is 13.6. The zero-order chi connectivity index (χ0) is 12.3. The molecule has 0 saturated heterocycles. The Bertz CT molecular complexity index is 477. The molecule has 3 nitrogen and oxygen atoms in total. The van der Waals surface area contributed by atoms with Crippen molar-refractivity contribution < 1.29 is 4.79 Å². The summed E-state index contributed by atoms with van der Waals surface area (Å²) in [6, 6.07) is 3.69. The van der Waals surface area contributed by atoms with E-state index in [1.807, 2.05) is 12.1 Å². The molecule has 4 heteroatoms. The van der Waals surface area contributed by atoms with Crippen molar-refractivity contribution in [3.8, 4) is 11.8 Å².